The molecule has 4 aliphatic rings. The van der Waals surface area contributed by atoms with Crippen LogP contribution in [-0.2, 0) is 25.7 Å². The van der Waals surface area contributed by atoms with Gasteiger partial charge in [-0.15, -0.1) is 0 Å². The van der Waals surface area contributed by atoms with Crippen molar-refractivity contribution in [3.05, 3.63) is 130 Å². The van der Waals surface area contributed by atoms with Gasteiger partial charge in [0.2, 0.25) is 0 Å². The first kappa shape index (κ1) is 18.2. The molecule has 0 spiro atoms. The number of hydrogen-bond donors (Lipinski definition) is 0. The second-order valence-electron chi connectivity index (χ2n) is 10.3. The van der Waals surface area contributed by atoms with Gasteiger partial charge in [0.25, 0.3) is 0 Å². The van der Waals surface area contributed by atoms with Gasteiger partial charge in [-0.25, -0.2) is 4.98 Å². The first-order valence-corrected chi connectivity index (χ1v) is 12.6. The van der Waals surface area contributed by atoms with E-state index in [1.54, 1.807) is 0 Å². The summed E-state index contributed by atoms with van der Waals surface area (Å²) in [6.45, 7) is 0. The standard InChI is InChI=1S/C33H22N2/c1-3-9-24-20(7-1)16-27-26(24)17-23-15-22-8-5-13-34-33(22)35-30-12-11-21-14-19-6-2-4-10-25(19)31(21)29(30)18-28(27)32(23)35/h1-13,17H,14-16,18H2. The highest BCUT2D eigenvalue weighted by atomic mass is 15.2. The van der Waals surface area contributed by atoms with Crippen LogP contribution in [0.3, 0.4) is 0 Å². The molecule has 0 unspecified atom stereocenters. The lowest BCUT2D eigenvalue weighted by Crippen LogP contribution is -2.27. The third-order valence-corrected chi connectivity index (χ3v) is 8.59. The van der Waals surface area contributed by atoms with E-state index in [9.17, 15) is 0 Å². The van der Waals surface area contributed by atoms with Crippen LogP contribution in [0.1, 0.15) is 44.5 Å². The fourth-order valence-corrected chi connectivity index (χ4v) is 7.17. The van der Waals surface area contributed by atoms with Crippen molar-refractivity contribution in [2.45, 2.75) is 25.7 Å². The zero-order chi connectivity index (χ0) is 22.7. The Labute approximate surface area is 204 Å². The van der Waals surface area contributed by atoms with E-state index >= 15 is 0 Å². The Balaban J connectivity index is 1.38. The van der Waals surface area contributed by atoms with Crippen LogP contribution in [0.2, 0.25) is 0 Å². The molecule has 2 aliphatic heterocycles. The molecule has 9 rings (SSSR count). The van der Waals surface area contributed by atoms with E-state index in [0.717, 1.165) is 31.5 Å². The monoisotopic (exact) mass is 446 g/mol. The van der Waals surface area contributed by atoms with Crippen LogP contribution in [0.4, 0.5) is 17.2 Å². The van der Waals surface area contributed by atoms with Crippen LogP contribution < -0.4 is 4.90 Å². The Kier molecular flexibility index (Phi) is 3.27. The van der Waals surface area contributed by atoms with E-state index in [-0.39, 0.29) is 0 Å². The average Bonchev–Trinajstić information content (AvgIpc) is 3.47. The van der Waals surface area contributed by atoms with Crippen molar-refractivity contribution in [3.8, 4) is 22.3 Å². The zero-order valence-electron chi connectivity index (χ0n) is 19.3. The van der Waals surface area contributed by atoms with Crippen molar-refractivity contribution < 1.29 is 0 Å². The van der Waals surface area contributed by atoms with E-state index < -0.39 is 0 Å². The Hall–Kier alpha value is -4.17. The summed E-state index contributed by atoms with van der Waals surface area (Å²) in [5, 5.41) is 0. The molecule has 3 heterocycles. The summed E-state index contributed by atoms with van der Waals surface area (Å²) in [6, 6.07) is 29.5. The fourth-order valence-electron chi connectivity index (χ4n) is 7.17. The van der Waals surface area contributed by atoms with Crippen molar-refractivity contribution in [3.63, 3.8) is 0 Å². The molecule has 0 fully saturated rings. The van der Waals surface area contributed by atoms with Gasteiger partial charge in [-0.3, -0.25) is 4.90 Å². The van der Waals surface area contributed by atoms with E-state index in [1.807, 2.05) is 6.20 Å². The minimum atomic E-state index is 0.945. The third kappa shape index (κ3) is 2.23. The fraction of sp³-hybridized carbons (Fsp3) is 0.121. The third-order valence-electron chi connectivity index (χ3n) is 8.59. The summed E-state index contributed by atoms with van der Waals surface area (Å²) in [5.41, 5.74) is 20.0. The second-order valence-corrected chi connectivity index (χ2v) is 10.3. The van der Waals surface area contributed by atoms with Crippen LogP contribution >= 0.6 is 0 Å². The molecule has 0 saturated carbocycles. The largest absolute Gasteiger partial charge is 0.294 e. The Bertz CT molecular complexity index is 1760. The van der Waals surface area contributed by atoms with Crippen molar-refractivity contribution in [2.75, 3.05) is 4.90 Å². The quantitative estimate of drug-likeness (QED) is 0.240. The lowest BCUT2D eigenvalue weighted by Gasteiger charge is -2.40. The topological polar surface area (TPSA) is 16.1 Å². The number of nitrogens with zero attached hydrogens (tertiary/aromatic N) is 2. The van der Waals surface area contributed by atoms with E-state index in [0.29, 0.717) is 0 Å². The highest BCUT2D eigenvalue weighted by molar-refractivity contribution is 5.96. The number of anilines is 3. The van der Waals surface area contributed by atoms with Crippen LogP contribution in [0.15, 0.2) is 85.1 Å². The second kappa shape index (κ2) is 6.28. The molecule has 0 amide bonds. The predicted molar refractivity (Wildman–Crippen MR) is 141 cm³/mol. The van der Waals surface area contributed by atoms with Gasteiger partial charge in [0, 0.05) is 19.0 Å². The molecule has 0 atom stereocenters. The molecule has 2 heteroatoms. The molecule has 35 heavy (non-hydrogen) atoms. The van der Waals surface area contributed by atoms with Crippen LogP contribution in [0, 0.1) is 0 Å². The number of rotatable bonds is 0. The molecule has 2 aliphatic carbocycles. The maximum Gasteiger partial charge on any atom is 0.141 e. The summed E-state index contributed by atoms with van der Waals surface area (Å²) < 4.78 is 0. The number of benzene rings is 4. The minimum absolute atomic E-state index is 0.945. The molecule has 0 N–H and O–H groups in total. The van der Waals surface area contributed by atoms with Gasteiger partial charge >= 0.3 is 0 Å². The van der Waals surface area contributed by atoms with Gasteiger partial charge in [-0.1, -0.05) is 60.7 Å². The molecule has 164 valence electrons. The van der Waals surface area contributed by atoms with Crippen molar-refractivity contribution in [2.24, 2.45) is 0 Å². The van der Waals surface area contributed by atoms with Crippen LogP contribution in [0.5, 0.6) is 0 Å². The number of fused-ring (bicyclic) bond motifs is 12. The highest BCUT2D eigenvalue weighted by Crippen LogP contribution is 2.56. The van der Waals surface area contributed by atoms with Gasteiger partial charge < -0.3 is 0 Å². The Morgan fingerprint density at radius 3 is 2.23 bits per heavy atom. The number of hydrogen-bond acceptors (Lipinski definition) is 2. The summed E-state index contributed by atoms with van der Waals surface area (Å²) in [5.74, 6) is 1.10. The molecule has 0 radical (unpaired) electrons. The summed E-state index contributed by atoms with van der Waals surface area (Å²) in [4.78, 5) is 7.43. The van der Waals surface area contributed by atoms with Crippen molar-refractivity contribution >= 4 is 17.2 Å². The first-order valence-electron chi connectivity index (χ1n) is 12.6. The molecule has 0 saturated heterocycles. The molecule has 2 nitrogen and oxygen atoms in total. The zero-order valence-corrected chi connectivity index (χ0v) is 19.3. The highest BCUT2D eigenvalue weighted by Gasteiger charge is 2.38. The molecule has 4 aromatic carbocycles. The Morgan fingerprint density at radius 2 is 1.31 bits per heavy atom. The van der Waals surface area contributed by atoms with Gasteiger partial charge in [-0.2, -0.15) is 0 Å². The molecular formula is C33H22N2. The van der Waals surface area contributed by atoms with Crippen LogP contribution in [-0.4, -0.2) is 4.98 Å². The van der Waals surface area contributed by atoms with Gasteiger partial charge in [-0.05, 0) is 97.8 Å². The summed E-state index contributed by atoms with van der Waals surface area (Å²) in [6.07, 6.45) is 5.94. The van der Waals surface area contributed by atoms with E-state index in [1.165, 1.54) is 78.1 Å². The Morgan fingerprint density at radius 1 is 0.543 bits per heavy atom. The maximum atomic E-state index is 4.94. The average molecular weight is 447 g/mol. The maximum absolute atomic E-state index is 4.94. The normalized spacial score (nSPS) is 14.9. The van der Waals surface area contributed by atoms with Gasteiger partial charge in [0.1, 0.15) is 5.82 Å². The predicted octanol–water partition coefficient (Wildman–Crippen LogP) is 7.50. The van der Waals surface area contributed by atoms with Gasteiger partial charge in [0.05, 0.1) is 11.4 Å². The van der Waals surface area contributed by atoms with E-state index in [4.69, 9.17) is 4.98 Å². The van der Waals surface area contributed by atoms with E-state index in [2.05, 4.69) is 83.8 Å². The van der Waals surface area contributed by atoms with Crippen LogP contribution in [0.25, 0.3) is 22.3 Å². The SMILES string of the molecule is c1ccc2c(c1)Cc1c-2cc2c3c1Cc1c(ccc4c1-c1ccccc1C4)N3c1ncccc1C2. The van der Waals surface area contributed by atoms with Crippen molar-refractivity contribution in [1.82, 2.24) is 4.98 Å². The van der Waals surface area contributed by atoms with Crippen molar-refractivity contribution in [1.29, 1.82) is 0 Å². The molecule has 5 aromatic rings. The molecular weight excluding hydrogens is 424 g/mol. The molecule has 0 bridgehead atoms. The summed E-state index contributed by atoms with van der Waals surface area (Å²) in [7, 11) is 0. The lowest BCUT2D eigenvalue weighted by molar-refractivity contribution is 0.969. The number of pyridine rings is 1. The first-order chi connectivity index (χ1) is 17.3. The number of aromatic nitrogens is 1. The van der Waals surface area contributed by atoms with Gasteiger partial charge in [0.15, 0.2) is 0 Å². The summed E-state index contributed by atoms with van der Waals surface area (Å²) >= 11 is 0. The smallest absolute Gasteiger partial charge is 0.141 e. The molecule has 1 aromatic heterocycles. The lowest BCUT2D eigenvalue weighted by atomic mass is 9.81. The minimum Gasteiger partial charge on any atom is -0.294 e.